The fourth-order valence-corrected chi connectivity index (χ4v) is 4.06. The highest BCUT2D eigenvalue weighted by Gasteiger charge is 2.45. The van der Waals surface area contributed by atoms with Crippen LogP contribution in [-0.2, 0) is 5.60 Å². The number of para-hydroxylation sites is 2. The number of aliphatic imine (C=N–C) groups is 1. The third-order valence-corrected chi connectivity index (χ3v) is 5.69. The number of hydrogen-bond acceptors (Lipinski definition) is 7. The molecule has 0 amide bonds. The highest BCUT2D eigenvalue weighted by molar-refractivity contribution is 5.84. The van der Waals surface area contributed by atoms with Crippen LogP contribution in [0.5, 0.6) is 17.2 Å². The van der Waals surface area contributed by atoms with E-state index in [9.17, 15) is 20.3 Å². The summed E-state index contributed by atoms with van der Waals surface area (Å²) in [5.41, 5.74) is -0.727. The molecule has 0 heterocycles. The highest BCUT2D eigenvalue weighted by atomic mass is 16.6. The minimum absolute atomic E-state index is 0.157. The van der Waals surface area contributed by atoms with Crippen LogP contribution < -0.4 is 9.47 Å². The van der Waals surface area contributed by atoms with Crippen molar-refractivity contribution >= 4 is 11.9 Å². The first-order chi connectivity index (χ1) is 16.2. The number of phenols is 1. The second-order valence-electron chi connectivity index (χ2n) is 8.13. The Labute approximate surface area is 198 Å². The minimum Gasteiger partial charge on any atom is -0.507 e. The largest absolute Gasteiger partial charge is 0.507 e. The summed E-state index contributed by atoms with van der Waals surface area (Å²) < 4.78 is 11.1. The summed E-state index contributed by atoms with van der Waals surface area (Å²) >= 11 is 0. The summed E-state index contributed by atoms with van der Waals surface area (Å²) in [5, 5.41) is 33.9. The molecular weight excluding hydrogens is 436 g/mol. The standard InChI is InChI=1S/C26H28N2O6/c1-17(2)25(27-16-18-15-19(28(31)32)13-14-22(18)29)26(30,20-9-5-7-11-23(20)33-3)21-10-6-8-12-24(21)34-4/h5-17,25,29-30H,1-4H3/t25-/m1/s1. The molecule has 0 saturated carbocycles. The van der Waals surface area contributed by atoms with Crippen molar-refractivity contribution in [1.82, 2.24) is 0 Å². The Morgan fingerprint density at radius 1 is 0.971 bits per heavy atom. The quantitative estimate of drug-likeness (QED) is 0.270. The van der Waals surface area contributed by atoms with Crippen LogP contribution in [0, 0.1) is 16.0 Å². The number of nitro benzene ring substituents is 1. The normalized spacial score (nSPS) is 12.6. The number of methoxy groups -OCH3 is 2. The molecule has 3 rings (SSSR count). The maximum atomic E-state index is 12.5. The van der Waals surface area contributed by atoms with Gasteiger partial charge in [-0.1, -0.05) is 50.2 Å². The molecule has 0 radical (unpaired) electrons. The Kier molecular flexibility index (Phi) is 7.53. The predicted molar refractivity (Wildman–Crippen MR) is 130 cm³/mol. The summed E-state index contributed by atoms with van der Waals surface area (Å²) in [6.07, 6.45) is 1.35. The smallest absolute Gasteiger partial charge is 0.270 e. The van der Waals surface area contributed by atoms with Crippen molar-refractivity contribution in [2.75, 3.05) is 14.2 Å². The first-order valence-electron chi connectivity index (χ1n) is 10.7. The second kappa shape index (κ2) is 10.4. The van der Waals surface area contributed by atoms with Crippen molar-refractivity contribution in [1.29, 1.82) is 0 Å². The van der Waals surface area contributed by atoms with Crippen molar-refractivity contribution in [3.63, 3.8) is 0 Å². The van der Waals surface area contributed by atoms with E-state index in [1.54, 1.807) is 48.5 Å². The molecule has 0 aliphatic carbocycles. The number of aromatic hydroxyl groups is 1. The van der Waals surface area contributed by atoms with Gasteiger partial charge < -0.3 is 19.7 Å². The van der Waals surface area contributed by atoms with Gasteiger partial charge in [0.15, 0.2) is 0 Å². The Hall–Kier alpha value is -3.91. The summed E-state index contributed by atoms with van der Waals surface area (Å²) in [7, 11) is 3.05. The molecule has 0 aliphatic rings. The molecule has 8 heteroatoms. The molecule has 0 saturated heterocycles. The van der Waals surface area contributed by atoms with E-state index >= 15 is 0 Å². The predicted octanol–water partition coefficient (Wildman–Crippen LogP) is 4.70. The molecule has 8 nitrogen and oxygen atoms in total. The Morgan fingerprint density at radius 2 is 1.50 bits per heavy atom. The Morgan fingerprint density at radius 3 is 1.97 bits per heavy atom. The maximum Gasteiger partial charge on any atom is 0.270 e. The molecule has 0 unspecified atom stereocenters. The lowest BCUT2D eigenvalue weighted by Gasteiger charge is -2.38. The van der Waals surface area contributed by atoms with Gasteiger partial charge in [0.05, 0.1) is 25.2 Å². The average Bonchev–Trinajstić information content (AvgIpc) is 2.84. The van der Waals surface area contributed by atoms with E-state index in [0.717, 1.165) is 0 Å². The SMILES string of the molecule is COc1ccccc1C(O)(c1ccccc1OC)[C@H](N=Cc1cc([N+](=O)[O-])ccc1O)C(C)C. The number of nitro groups is 1. The zero-order valence-corrected chi connectivity index (χ0v) is 19.5. The van der Waals surface area contributed by atoms with Gasteiger partial charge >= 0.3 is 0 Å². The van der Waals surface area contributed by atoms with Crippen LogP contribution in [0.15, 0.2) is 71.7 Å². The van der Waals surface area contributed by atoms with Crippen molar-refractivity contribution in [3.05, 3.63) is 93.5 Å². The summed E-state index contributed by atoms with van der Waals surface area (Å²) in [5.74, 6) is 0.580. The van der Waals surface area contributed by atoms with Crippen LogP contribution in [0.1, 0.15) is 30.5 Å². The Bertz CT molecular complexity index is 1140. The number of ether oxygens (including phenoxy) is 2. The Balaban J connectivity index is 2.26. The van der Waals surface area contributed by atoms with Gasteiger partial charge in [-0.2, -0.15) is 0 Å². The van der Waals surface area contributed by atoms with Gasteiger partial charge in [0, 0.05) is 35.0 Å². The van der Waals surface area contributed by atoms with Crippen molar-refractivity contribution in [2.24, 2.45) is 10.9 Å². The van der Waals surface area contributed by atoms with Crippen molar-refractivity contribution < 1.29 is 24.6 Å². The van der Waals surface area contributed by atoms with Gasteiger partial charge in [-0.15, -0.1) is 0 Å². The molecule has 3 aromatic carbocycles. The van der Waals surface area contributed by atoms with Gasteiger partial charge in [0.25, 0.3) is 5.69 Å². The lowest BCUT2D eigenvalue weighted by molar-refractivity contribution is -0.384. The molecule has 2 N–H and O–H groups in total. The number of non-ortho nitro benzene ring substituents is 1. The molecule has 1 atom stereocenters. The van der Waals surface area contributed by atoms with E-state index in [-0.39, 0.29) is 22.9 Å². The zero-order chi connectivity index (χ0) is 24.9. The summed E-state index contributed by atoms with van der Waals surface area (Å²) in [6.45, 7) is 3.82. The van der Waals surface area contributed by atoms with Gasteiger partial charge in [-0.25, -0.2) is 0 Å². The number of aliphatic hydroxyl groups is 1. The van der Waals surface area contributed by atoms with Crippen LogP contribution in [0.4, 0.5) is 5.69 Å². The van der Waals surface area contributed by atoms with Crippen molar-refractivity contribution in [3.8, 4) is 17.2 Å². The van der Waals surface area contributed by atoms with Gasteiger partial charge in [-0.05, 0) is 24.1 Å². The minimum atomic E-state index is -1.69. The molecular formula is C26H28N2O6. The first kappa shape index (κ1) is 24.7. The lowest BCUT2D eigenvalue weighted by atomic mass is 9.75. The second-order valence-corrected chi connectivity index (χ2v) is 8.13. The molecule has 178 valence electrons. The molecule has 0 spiro atoms. The lowest BCUT2D eigenvalue weighted by Crippen LogP contribution is -2.43. The maximum absolute atomic E-state index is 12.5. The monoisotopic (exact) mass is 464 g/mol. The summed E-state index contributed by atoms with van der Waals surface area (Å²) in [6, 6.07) is 17.2. The van der Waals surface area contributed by atoms with E-state index < -0.39 is 16.6 Å². The topological polar surface area (TPSA) is 114 Å². The number of phenolic OH excluding ortho intramolecular Hbond substituents is 1. The molecule has 3 aromatic rings. The number of nitrogens with zero attached hydrogens (tertiary/aromatic N) is 2. The van der Waals surface area contributed by atoms with Crippen molar-refractivity contribution in [2.45, 2.75) is 25.5 Å². The molecule has 34 heavy (non-hydrogen) atoms. The fourth-order valence-electron chi connectivity index (χ4n) is 4.06. The van der Waals surface area contributed by atoms with E-state index in [0.29, 0.717) is 22.6 Å². The van der Waals surface area contributed by atoms with E-state index in [4.69, 9.17) is 9.47 Å². The average molecular weight is 465 g/mol. The van der Waals surface area contributed by atoms with Gasteiger partial charge in [0.2, 0.25) is 0 Å². The third-order valence-electron chi connectivity index (χ3n) is 5.69. The zero-order valence-electron chi connectivity index (χ0n) is 19.5. The van der Waals surface area contributed by atoms with Crippen LogP contribution >= 0.6 is 0 Å². The molecule has 0 bridgehead atoms. The van der Waals surface area contributed by atoms with Gasteiger partial charge in [0.1, 0.15) is 22.8 Å². The van der Waals surface area contributed by atoms with E-state index in [1.165, 1.54) is 38.6 Å². The van der Waals surface area contributed by atoms with Gasteiger partial charge in [-0.3, -0.25) is 15.1 Å². The number of hydrogen-bond donors (Lipinski definition) is 2. The van der Waals surface area contributed by atoms with Crippen LogP contribution in [0.2, 0.25) is 0 Å². The van der Waals surface area contributed by atoms with E-state index in [2.05, 4.69) is 4.99 Å². The fraction of sp³-hybridized carbons (Fsp3) is 0.269. The van der Waals surface area contributed by atoms with Crippen LogP contribution in [0.3, 0.4) is 0 Å². The molecule has 0 aromatic heterocycles. The van der Waals surface area contributed by atoms with Crippen LogP contribution in [-0.4, -0.2) is 41.6 Å². The highest BCUT2D eigenvalue weighted by Crippen LogP contribution is 2.45. The number of rotatable bonds is 9. The molecule has 0 aliphatic heterocycles. The van der Waals surface area contributed by atoms with Crippen LogP contribution in [0.25, 0.3) is 0 Å². The number of benzene rings is 3. The first-order valence-corrected chi connectivity index (χ1v) is 10.7. The molecule has 0 fully saturated rings. The third kappa shape index (κ3) is 4.72. The van der Waals surface area contributed by atoms with E-state index in [1.807, 2.05) is 13.8 Å². The summed E-state index contributed by atoms with van der Waals surface area (Å²) in [4.78, 5) is 15.3.